The zero-order valence-corrected chi connectivity index (χ0v) is 21.6. The second-order valence-corrected chi connectivity index (χ2v) is 10.1. The van der Waals surface area contributed by atoms with Crippen molar-refractivity contribution in [3.05, 3.63) is 102 Å². The van der Waals surface area contributed by atoms with Gasteiger partial charge in [0.15, 0.2) is 0 Å². The highest BCUT2D eigenvalue weighted by atomic mass is 32.1. The summed E-state index contributed by atoms with van der Waals surface area (Å²) < 4.78 is 2.21. The van der Waals surface area contributed by atoms with Crippen LogP contribution in [0.4, 0.5) is 5.69 Å². The van der Waals surface area contributed by atoms with E-state index in [9.17, 15) is 4.79 Å². The van der Waals surface area contributed by atoms with Gasteiger partial charge in [-0.15, -0.1) is 12.6 Å². The van der Waals surface area contributed by atoms with E-state index in [1.807, 2.05) is 55.9 Å². The number of benzene rings is 1. The summed E-state index contributed by atoms with van der Waals surface area (Å²) >= 11 is 4.26. The molecule has 1 aromatic heterocycles. The van der Waals surface area contributed by atoms with Gasteiger partial charge in [0.25, 0.3) is 0 Å². The molecule has 1 N–H and O–H groups in total. The van der Waals surface area contributed by atoms with E-state index in [-0.39, 0.29) is 11.3 Å². The van der Waals surface area contributed by atoms with Crippen molar-refractivity contribution in [1.82, 2.24) is 9.55 Å². The molecule has 0 saturated heterocycles. The third-order valence-electron chi connectivity index (χ3n) is 6.31. The number of allylic oxidation sites excluding steroid dienone is 9. The molecule has 0 bridgehead atoms. The first-order valence-electron chi connectivity index (χ1n) is 11.7. The van der Waals surface area contributed by atoms with Gasteiger partial charge in [0.05, 0.1) is 12.4 Å². The fraction of sp³-hybridized carbons (Fsp3) is 0.310. The van der Waals surface area contributed by atoms with Gasteiger partial charge in [-0.2, -0.15) is 0 Å². The van der Waals surface area contributed by atoms with Gasteiger partial charge in [0.1, 0.15) is 0 Å². The molecule has 1 aliphatic rings. The quantitative estimate of drug-likeness (QED) is 0.248. The van der Waals surface area contributed by atoms with Crippen molar-refractivity contribution in [2.75, 3.05) is 5.32 Å². The van der Waals surface area contributed by atoms with Crippen molar-refractivity contribution < 1.29 is 4.79 Å². The van der Waals surface area contributed by atoms with Crippen LogP contribution < -0.4 is 5.32 Å². The topological polar surface area (TPSA) is 46.9 Å². The maximum Gasteiger partial charge on any atom is 0.248 e. The molecule has 1 amide bonds. The first-order valence-corrected chi connectivity index (χ1v) is 12.1. The Balaban J connectivity index is 1.65. The number of nitrogens with one attached hydrogen (secondary N) is 1. The Morgan fingerprint density at radius 1 is 1.18 bits per heavy atom. The number of amides is 1. The Labute approximate surface area is 209 Å². The zero-order chi connectivity index (χ0) is 24.7. The van der Waals surface area contributed by atoms with Crippen molar-refractivity contribution in [1.29, 1.82) is 0 Å². The minimum atomic E-state index is -0.149. The van der Waals surface area contributed by atoms with Gasteiger partial charge in [-0.1, -0.05) is 49.8 Å². The highest BCUT2D eigenvalue weighted by Crippen LogP contribution is 2.45. The molecule has 0 aliphatic heterocycles. The number of hydrogen-bond acceptors (Lipinski definition) is 3. The van der Waals surface area contributed by atoms with E-state index in [1.54, 1.807) is 6.08 Å². The summed E-state index contributed by atoms with van der Waals surface area (Å²) in [6.45, 7) is 10.9. The predicted molar refractivity (Wildman–Crippen MR) is 145 cm³/mol. The zero-order valence-electron chi connectivity index (χ0n) is 20.7. The summed E-state index contributed by atoms with van der Waals surface area (Å²) in [5.41, 5.74) is 5.73. The number of rotatable bonds is 7. The summed E-state index contributed by atoms with van der Waals surface area (Å²) in [6.07, 6.45) is 20.1. The maximum atomic E-state index is 12.2. The van der Waals surface area contributed by atoms with Crippen LogP contribution in [0.3, 0.4) is 0 Å². The van der Waals surface area contributed by atoms with Gasteiger partial charge in [-0.3, -0.25) is 4.79 Å². The maximum absolute atomic E-state index is 12.2. The van der Waals surface area contributed by atoms with E-state index in [1.165, 1.54) is 11.1 Å². The van der Waals surface area contributed by atoms with E-state index < -0.39 is 0 Å². The van der Waals surface area contributed by atoms with E-state index in [2.05, 4.69) is 79.6 Å². The number of carbonyl (C=O) groups is 1. The van der Waals surface area contributed by atoms with Gasteiger partial charge in [0.2, 0.25) is 5.91 Å². The van der Waals surface area contributed by atoms with Crippen molar-refractivity contribution in [2.24, 2.45) is 5.41 Å². The predicted octanol–water partition coefficient (Wildman–Crippen LogP) is 7.49. The standard InChI is InChI=1S/C29H35N3OS/c1-21(7-6-8-22(2)19-28(33)31-24-10-12-25(34)13-11-24)9-14-26-23(3)27(15-16-29(26,4)5)32-18-17-30-20-32/h6-14,17-20,27,34H,15-16H2,1-5H3,(H,31,33). The number of carbonyl (C=O) groups excluding carboxylic acids is 1. The Bertz CT molecular complexity index is 1150. The van der Waals surface area contributed by atoms with Crippen LogP contribution in [0.15, 0.2) is 107 Å². The van der Waals surface area contributed by atoms with Crippen LogP contribution in [0.1, 0.15) is 53.5 Å². The number of imidazole rings is 1. The second-order valence-electron chi connectivity index (χ2n) is 9.57. The van der Waals surface area contributed by atoms with Crippen molar-refractivity contribution >= 4 is 24.2 Å². The van der Waals surface area contributed by atoms with Crippen LogP contribution in [0.25, 0.3) is 0 Å². The van der Waals surface area contributed by atoms with E-state index in [0.29, 0.717) is 6.04 Å². The largest absolute Gasteiger partial charge is 0.330 e. The van der Waals surface area contributed by atoms with Crippen LogP contribution >= 0.6 is 12.6 Å². The van der Waals surface area contributed by atoms with Gasteiger partial charge in [0, 0.05) is 29.1 Å². The highest BCUT2D eigenvalue weighted by molar-refractivity contribution is 7.80. The molecule has 34 heavy (non-hydrogen) atoms. The van der Waals surface area contributed by atoms with Gasteiger partial charge in [-0.25, -0.2) is 4.98 Å². The Kier molecular flexibility index (Phi) is 8.56. The average Bonchev–Trinajstić information content (AvgIpc) is 3.29. The monoisotopic (exact) mass is 473 g/mol. The van der Waals surface area contributed by atoms with Crippen molar-refractivity contribution in [3.63, 3.8) is 0 Å². The summed E-state index contributed by atoms with van der Waals surface area (Å²) in [6, 6.07) is 7.73. The minimum absolute atomic E-state index is 0.146. The fourth-order valence-corrected chi connectivity index (χ4v) is 4.49. The highest BCUT2D eigenvalue weighted by Gasteiger charge is 2.32. The summed E-state index contributed by atoms with van der Waals surface area (Å²) in [5, 5.41) is 2.86. The molecule has 0 fully saturated rings. The van der Waals surface area contributed by atoms with Crippen molar-refractivity contribution in [2.45, 2.75) is 58.4 Å². The van der Waals surface area contributed by atoms with E-state index in [0.717, 1.165) is 34.6 Å². The van der Waals surface area contributed by atoms with Crippen molar-refractivity contribution in [3.8, 4) is 0 Å². The molecule has 0 saturated carbocycles. The van der Waals surface area contributed by atoms with Crippen LogP contribution in [0.5, 0.6) is 0 Å². The molecule has 3 rings (SSSR count). The molecule has 1 atom stereocenters. The molecule has 5 heteroatoms. The van der Waals surface area contributed by atoms with E-state index >= 15 is 0 Å². The smallest absolute Gasteiger partial charge is 0.248 e. The van der Waals surface area contributed by atoms with Crippen LogP contribution in [0, 0.1) is 5.41 Å². The molecule has 0 radical (unpaired) electrons. The van der Waals surface area contributed by atoms with Crippen LogP contribution in [-0.2, 0) is 4.79 Å². The lowest BCUT2D eigenvalue weighted by Gasteiger charge is -2.37. The molecular weight excluding hydrogens is 438 g/mol. The van der Waals surface area contributed by atoms with Crippen LogP contribution in [-0.4, -0.2) is 15.5 Å². The summed E-state index contributed by atoms with van der Waals surface area (Å²) in [4.78, 5) is 17.3. The number of aromatic nitrogens is 2. The Hall–Kier alpha value is -3.05. The van der Waals surface area contributed by atoms with Gasteiger partial charge >= 0.3 is 0 Å². The summed E-state index contributed by atoms with van der Waals surface area (Å²) in [7, 11) is 0. The average molecular weight is 474 g/mol. The number of nitrogens with zero attached hydrogens (tertiary/aromatic N) is 2. The Morgan fingerprint density at radius 3 is 2.59 bits per heavy atom. The molecule has 2 aromatic rings. The molecule has 4 nitrogen and oxygen atoms in total. The molecule has 1 heterocycles. The van der Waals surface area contributed by atoms with E-state index in [4.69, 9.17) is 0 Å². The number of thiol groups is 1. The number of anilines is 1. The first kappa shape index (κ1) is 25.6. The Morgan fingerprint density at radius 2 is 1.91 bits per heavy atom. The lowest BCUT2D eigenvalue weighted by Crippen LogP contribution is -2.25. The SMILES string of the molecule is CC(C=CC1=C(C)C(n2ccnc2)CCC1(C)C)=CC=CC(C)=CC(=O)Nc1ccc(S)cc1. The second kappa shape index (κ2) is 11.4. The third kappa shape index (κ3) is 6.97. The molecule has 1 aromatic carbocycles. The molecule has 1 aliphatic carbocycles. The van der Waals surface area contributed by atoms with Crippen LogP contribution in [0.2, 0.25) is 0 Å². The molecule has 178 valence electrons. The first-order chi connectivity index (χ1) is 16.2. The van der Waals surface area contributed by atoms with Gasteiger partial charge in [-0.05, 0) is 80.0 Å². The van der Waals surface area contributed by atoms with Gasteiger partial charge < -0.3 is 9.88 Å². The lowest BCUT2D eigenvalue weighted by molar-refractivity contribution is -0.111. The minimum Gasteiger partial charge on any atom is -0.330 e. The lowest BCUT2D eigenvalue weighted by atomic mass is 9.71. The fourth-order valence-electron chi connectivity index (χ4n) is 4.35. The summed E-state index contributed by atoms with van der Waals surface area (Å²) in [5.74, 6) is -0.149. The number of hydrogen-bond donors (Lipinski definition) is 2. The third-order valence-corrected chi connectivity index (χ3v) is 6.60. The molecule has 0 spiro atoms. The molecular formula is C29H35N3OS. The normalized spacial score (nSPS) is 19.3. The molecule has 1 unspecified atom stereocenters.